The molecule has 1 aliphatic rings. The van der Waals surface area contributed by atoms with Crippen LogP contribution in [0.1, 0.15) is 109 Å². The molecule has 1 heterocycles. The third kappa shape index (κ3) is 16.4. The van der Waals surface area contributed by atoms with Crippen LogP contribution >= 0.6 is 0 Å². The molecule has 0 bridgehead atoms. The molecule has 0 aromatic rings. The number of aliphatic hydroxyl groups excluding tert-OH is 1. The zero-order chi connectivity index (χ0) is 29.6. The number of aliphatic hydroxyl groups is 1. The van der Waals surface area contributed by atoms with Crippen molar-refractivity contribution in [2.45, 2.75) is 115 Å². The SMILES string of the molecule is CC.CC(C)CC(C)(C)CC(C)C.CC(CO)NNC(=O)C(C)(C)CC(C)(C)C(=O)N1CCN(C)CC1. The number of piperazine rings is 1. The highest BCUT2D eigenvalue weighted by atomic mass is 16.3. The van der Waals surface area contributed by atoms with Crippen LogP contribution in [0.2, 0.25) is 0 Å². The molecule has 222 valence electrons. The van der Waals surface area contributed by atoms with Crippen LogP contribution < -0.4 is 10.9 Å². The van der Waals surface area contributed by atoms with Crippen molar-refractivity contribution < 1.29 is 14.7 Å². The Morgan fingerprint density at radius 1 is 0.811 bits per heavy atom. The second kappa shape index (κ2) is 17.4. The summed E-state index contributed by atoms with van der Waals surface area (Å²) < 4.78 is 0. The van der Waals surface area contributed by atoms with E-state index in [4.69, 9.17) is 5.11 Å². The van der Waals surface area contributed by atoms with Crippen LogP contribution in [-0.2, 0) is 9.59 Å². The fraction of sp³-hybridized carbons (Fsp3) is 0.933. The number of nitrogens with one attached hydrogen (secondary N) is 2. The Hall–Kier alpha value is -1.18. The second-order valence-corrected chi connectivity index (χ2v) is 13.6. The summed E-state index contributed by atoms with van der Waals surface area (Å²) >= 11 is 0. The molecule has 1 aliphatic heterocycles. The Bertz CT molecular complexity index is 625. The topological polar surface area (TPSA) is 84.9 Å². The van der Waals surface area contributed by atoms with E-state index in [2.05, 4.69) is 64.3 Å². The molecule has 37 heavy (non-hydrogen) atoms. The first-order valence-corrected chi connectivity index (χ1v) is 14.5. The molecule has 1 fully saturated rings. The largest absolute Gasteiger partial charge is 0.395 e. The minimum absolute atomic E-state index is 0.0614. The average molecular weight is 529 g/mol. The lowest BCUT2D eigenvalue weighted by Crippen LogP contribution is -2.54. The Labute approximate surface area is 230 Å². The summed E-state index contributed by atoms with van der Waals surface area (Å²) in [5, 5.41) is 9.01. The van der Waals surface area contributed by atoms with Gasteiger partial charge in [0.2, 0.25) is 11.8 Å². The zero-order valence-electron chi connectivity index (χ0n) is 27.0. The molecule has 3 N–H and O–H groups in total. The average Bonchev–Trinajstić information content (AvgIpc) is 2.76. The number of carbonyl (C=O) groups excluding carboxylic acids is 2. The summed E-state index contributed by atoms with van der Waals surface area (Å²) in [7, 11) is 2.06. The molecule has 0 saturated carbocycles. The van der Waals surface area contributed by atoms with Crippen molar-refractivity contribution in [2.75, 3.05) is 39.8 Å². The molecule has 1 unspecified atom stereocenters. The highest BCUT2D eigenvalue weighted by Crippen LogP contribution is 2.35. The number of hydrazine groups is 1. The predicted molar refractivity (Wildman–Crippen MR) is 158 cm³/mol. The van der Waals surface area contributed by atoms with E-state index >= 15 is 0 Å². The van der Waals surface area contributed by atoms with E-state index < -0.39 is 10.8 Å². The van der Waals surface area contributed by atoms with Crippen molar-refractivity contribution >= 4 is 11.8 Å². The number of likely N-dealkylation sites (N-methyl/N-ethyl adjacent to an activating group) is 1. The smallest absolute Gasteiger partial charge is 0.239 e. The molecular formula is C30H64N4O3. The number of rotatable bonds is 11. The second-order valence-electron chi connectivity index (χ2n) is 13.6. The zero-order valence-corrected chi connectivity index (χ0v) is 27.0. The predicted octanol–water partition coefficient (Wildman–Crippen LogP) is 5.34. The third-order valence-corrected chi connectivity index (χ3v) is 6.50. The van der Waals surface area contributed by atoms with Gasteiger partial charge in [-0.2, -0.15) is 0 Å². The molecule has 0 aromatic heterocycles. The van der Waals surface area contributed by atoms with Crippen molar-refractivity contribution in [3.8, 4) is 0 Å². The Morgan fingerprint density at radius 2 is 1.24 bits per heavy atom. The van der Waals surface area contributed by atoms with Gasteiger partial charge in [-0.3, -0.25) is 15.0 Å². The van der Waals surface area contributed by atoms with E-state index in [1.165, 1.54) is 12.8 Å². The maximum atomic E-state index is 12.9. The highest BCUT2D eigenvalue weighted by molar-refractivity contribution is 5.85. The summed E-state index contributed by atoms with van der Waals surface area (Å²) in [6.07, 6.45) is 3.16. The molecule has 7 heteroatoms. The molecule has 0 spiro atoms. The van der Waals surface area contributed by atoms with Gasteiger partial charge in [0.15, 0.2) is 0 Å². The van der Waals surface area contributed by atoms with Gasteiger partial charge in [0.1, 0.15) is 0 Å². The monoisotopic (exact) mass is 528 g/mol. The highest BCUT2D eigenvalue weighted by Gasteiger charge is 2.41. The van der Waals surface area contributed by atoms with Crippen LogP contribution in [0.25, 0.3) is 0 Å². The van der Waals surface area contributed by atoms with Crippen molar-refractivity contribution in [2.24, 2.45) is 28.1 Å². The van der Waals surface area contributed by atoms with Crippen LogP contribution in [0.15, 0.2) is 0 Å². The van der Waals surface area contributed by atoms with Crippen molar-refractivity contribution in [3.63, 3.8) is 0 Å². The fourth-order valence-corrected chi connectivity index (χ4v) is 5.40. The molecule has 0 aromatic carbocycles. The van der Waals surface area contributed by atoms with Gasteiger partial charge in [0, 0.05) is 43.1 Å². The molecule has 1 rings (SSSR count). The lowest BCUT2D eigenvalue weighted by Gasteiger charge is -2.40. The fourth-order valence-electron chi connectivity index (χ4n) is 5.40. The Morgan fingerprint density at radius 3 is 1.62 bits per heavy atom. The maximum Gasteiger partial charge on any atom is 0.239 e. The van der Waals surface area contributed by atoms with Gasteiger partial charge in [-0.05, 0) is 50.5 Å². The van der Waals surface area contributed by atoms with E-state index in [1.807, 2.05) is 46.4 Å². The van der Waals surface area contributed by atoms with Crippen molar-refractivity contribution in [1.29, 1.82) is 0 Å². The minimum atomic E-state index is -0.700. The van der Waals surface area contributed by atoms with E-state index in [0.717, 1.165) is 38.0 Å². The summed E-state index contributed by atoms with van der Waals surface area (Å²) in [6.45, 7) is 30.4. The van der Waals surface area contributed by atoms with E-state index in [1.54, 1.807) is 6.92 Å². The number of hydrogen-bond acceptors (Lipinski definition) is 5. The van der Waals surface area contributed by atoms with Gasteiger partial charge in [-0.25, -0.2) is 5.43 Å². The minimum Gasteiger partial charge on any atom is -0.395 e. The number of amides is 2. The van der Waals surface area contributed by atoms with Crippen LogP contribution in [0.3, 0.4) is 0 Å². The molecule has 0 radical (unpaired) electrons. The quantitative estimate of drug-likeness (QED) is 0.315. The van der Waals surface area contributed by atoms with Crippen LogP contribution in [0.5, 0.6) is 0 Å². The molecular weight excluding hydrogens is 464 g/mol. The maximum absolute atomic E-state index is 12.9. The van der Waals surface area contributed by atoms with Gasteiger partial charge < -0.3 is 14.9 Å². The summed E-state index contributed by atoms with van der Waals surface area (Å²) in [4.78, 5) is 29.4. The molecule has 1 atom stereocenters. The lowest BCUT2D eigenvalue weighted by molar-refractivity contribution is -0.145. The first-order chi connectivity index (χ1) is 16.8. The molecule has 7 nitrogen and oxygen atoms in total. The Kier molecular flexibility index (Phi) is 17.9. The lowest BCUT2D eigenvalue weighted by atomic mass is 9.73. The number of nitrogens with zero attached hydrogens (tertiary/aromatic N) is 2. The van der Waals surface area contributed by atoms with Gasteiger partial charge in [0.25, 0.3) is 0 Å². The van der Waals surface area contributed by atoms with Gasteiger partial charge in [0.05, 0.1) is 6.61 Å². The first kappa shape index (κ1) is 38.0. The summed E-state index contributed by atoms with van der Waals surface area (Å²) in [5.74, 6) is 1.60. The number of carbonyl (C=O) groups is 2. The van der Waals surface area contributed by atoms with Gasteiger partial charge in [-0.15, -0.1) is 0 Å². The molecule has 2 amide bonds. The van der Waals surface area contributed by atoms with Gasteiger partial charge in [-0.1, -0.05) is 83.1 Å². The number of hydrogen-bond donors (Lipinski definition) is 3. The summed E-state index contributed by atoms with van der Waals surface area (Å²) in [5.41, 5.74) is 4.64. The standard InChI is InChI=1S/C17H34N4O3.C11H24.C2H6/c1-13(11-22)18-19-14(23)16(2,3)12-17(4,5)15(24)21-9-7-20(6)8-10-21;1-9(2)7-11(5,6)8-10(3)4;1-2/h13,18,22H,7-12H2,1-6H3,(H,19,23);9-10H,7-8H2,1-6H3;1-2H3. The van der Waals surface area contributed by atoms with Crippen molar-refractivity contribution in [1.82, 2.24) is 20.7 Å². The van der Waals surface area contributed by atoms with E-state index in [9.17, 15) is 9.59 Å². The van der Waals surface area contributed by atoms with E-state index in [0.29, 0.717) is 11.8 Å². The first-order valence-electron chi connectivity index (χ1n) is 14.5. The summed E-state index contributed by atoms with van der Waals surface area (Å²) in [6, 6.07) is -0.218. The van der Waals surface area contributed by atoms with Gasteiger partial charge >= 0.3 is 0 Å². The molecule has 1 saturated heterocycles. The van der Waals surface area contributed by atoms with E-state index in [-0.39, 0.29) is 24.5 Å². The third-order valence-electron chi connectivity index (χ3n) is 6.50. The van der Waals surface area contributed by atoms with Crippen LogP contribution in [0, 0.1) is 28.1 Å². The molecule has 0 aliphatic carbocycles. The normalized spacial score (nSPS) is 16.0. The Balaban J connectivity index is 0. The van der Waals surface area contributed by atoms with Crippen LogP contribution in [0.4, 0.5) is 0 Å². The van der Waals surface area contributed by atoms with Crippen molar-refractivity contribution in [3.05, 3.63) is 0 Å². The van der Waals surface area contributed by atoms with Crippen LogP contribution in [-0.4, -0.2) is 72.6 Å².